The van der Waals surface area contributed by atoms with Crippen LogP contribution in [0.2, 0.25) is 0 Å². The molecule has 1 saturated heterocycles. The SMILES string of the molecule is COCCNC(=O)N1CCC[C@@H](N(C(C)=O)C2CCC2)CC1. The van der Waals surface area contributed by atoms with Crippen molar-refractivity contribution in [1.82, 2.24) is 15.1 Å². The highest BCUT2D eigenvalue weighted by Crippen LogP contribution is 2.30. The average molecular weight is 311 g/mol. The van der Waals surface area contributed by atoms with Gasteiger partial charge in [0, 0.05) is 45.8 Å². The summed E-state index contributed by atoms with van der Waals surface area (Å²) in [5, 5.41) is 2.87. The van der Waals surface area contributed by atoms with E-state index in [1.165, 1.54) is 6.42 Å². The van der Waals surface area contributed by atoms with E-state index < -0.39 is 0 Å². The summed E-state index contributed by atoms with van der Waals surface area (Å²) < 4.78 is 4.95. The average Bonchev–Trinajstić information content (AvgIpc) is 2.68. The Labute approximate surface area is 133 Å². The highest BCUT2D eigenvalue weighted by Gasteiger charge is 2.33. The van der Waals surface area contributed by atoms with Crippen LogP contribution in [0, 0.1) is 0 Å². The van der Waals surface area contributed by atoms with Gasteiger partial charge in [0.05, 0.1) is 6.61 Å². The maximum Gasteiger partial charge on any atom is 0.317 e. The summed E-state index contributed by atoms with van der Waals surface area (Å²) in [5.74, 6) is 0.188. The Morgan fingerprint density at radius 3 is 2.41 bits per heavy atom. The van der Waals surface area contributed by atoms with Crippen LogP contribution in [0.1, 0.15) is 45.4 Å². The Hall–Kier alpha value is -1.30. The molecule has 1 aliphatic heterocycles. The molecule has 0 aromatic heterocycles. The first kappa shape index (κ1) is 17.1. The van der Waals surface area contributed by atoms with Gasteiger partial charge in [-0.05, 0) is 38.5 Å². The molecule has 1 aliphatic carbocycles. The van der Waals surface area contributed by atoms with E-state index >= 15 is 0 Å². The van der Waals surface area contributed by atoms with Crippen molar-refractivity contribution in [2.75, 3.05) is 33.4 Å². The first-order valence-corrected chi connectivity index (χ1v) is 8.44. The van der Waals surface area contributed by atoms with Crippen molar-refractivity contribution in [3.63, 3.8) is 0 Å². The molecule has 0 unspecified atom stereocenters. The minimum Gasteiger partial charge on any atom is -0.383 e. The highest BCUT2D eigenvalue weighted by atomic mass is 16.5. The molecule has 0 spiro atoms. The molecule has 0 aromatic carbocycles. The molecule has 0 radical (unpaired) electrons. The molecule has 1 atom stereocenters. The number of methoxy groups -OCH3 is 1. The lowest BCUT2D eigenvalue weighted by atomic mass is 9.89. The summed E-state index contributed by atoms with van der Waals surface area (Å²) in [6.07, 6.45) is 6.34. The molecule has 1 heterocycles. The number of hydrogen-bond acceptors (Lipinski definition) is 3. The van der Waals surface area contributed by atoms with Crippen LogP contribution in [0.15, 0.2) is 0 Å². The van der Waals surface area contributed by atoms with E-state index in [-0.39, 0.29) is 11.9 Å². The molecule has 2 rings (SSSR count). The molecule has 0 aromatic rings. The van der Waals surface area contributed by atoms with Crippen LogP contribution >= 0.6 is 0 Å². The van der Waals surface area contributed by atoms with Gasteiger partial charge in [-0.15, -0.1) is 0 Å². The minimum atomic E-state index is -0.0179. The number of nitrogens with zero attached hydrogens (tertiary/aromatic N) is 2. The second-order valence-corrected chi connectivity index (χ2v) is 6.31. The predicted molar refractivity (Wildman–Crippen MR) is 84.6 cm³/mol. The van der Waals surface area contributed by atoms with Crippen molar-refractivity contribution in [1.29, 1.82) is 0 Å². The van der Waals surface area contributed by atoms with E-state index in [1.807, 2.05) is 4.90 Å². The first-order valence-electron chi connectivity index (χ1n) is 8.44. The fourth-order valence-electron chi connectivity index (χ4n) is 3.41. The number of amides is 3. The largest absolute Gasteiger partial charge is 0.383 e. The maximum atomic E-state index is 12.1. The standard InChI is InChI=1S/C16H29N3O3/c1-13(20)19(14-5-3-6-14)15-7-4-10-18(11-8-15)16(21)17-9-12-22-2/h14-15H,3-12H2,1-2H3,(H,17,21)/t15-/m1/s1. The van der Waals surface area contributed by atoms with E-state index in [0.29, 0.717) is 25.2 Å². The third kappa shape index (κ3) is 4.35. The summed E-state index contributed by atoms with van der Waals surface area (Å²) in [5.41, 5.74) is 0. The van der Waals surface area contributed by atoms with Crippen LogP contribution in [-0.2, 0) is 9.53 Å². The second-order valence-electron chi connectivity index (χ2n) is 6.31. The number of urea groups is 1. The molecule has 22 heavy (non-hydrogen) atoms. The summed E-state index contributed by atoms with van der Waals surface area (Å²) in [7, 11) is 1.62. The fraction of sp³-hybridized carbons (Fsp3) is 0.875. The molecule has 2 fully saturated rings. The number of ether oxygens (including phenoxy) is 1. The molecule has 0 bridgehead atoms. The van der Waals surface area contributed by atoms with E-state index in [0.717, 1.165) is 45.2 Å². The van der Waals surface area contributed by atoms with Gasteiger partial charge in [-0.3, -0.25) is 4.79 Å². The predicted octanol–water partition coefficient (Wildman–Crippen LogP) is 1.60. The lowest BCUT2D eigenvalue weighted by Crippen LogP contribution is -2.49. The van der Waals surface area contributed by atoms with Gasteiger partial charge in [-0.2, -0.15) is 0 Å². The maximum absolute atomic E-state index is 12.1. The Balaban J connectivity index is 1.85. The third-order valence-electron chi connectivity index (χ3n) is 4.79. The number of rotatable bonds is 5. The highest BCUT2D eigenvalue weighted by molar-refractivity contribution is 5.75. The molecule has 2 aliphatic rings. The quantitative estimate of drug-likeness (QED) is 0.785. The van der Waals surface area contributed by atoms with Crippen LogP contribution in [-0.4, -0.2) is 67.2 Å². The lowest BCUT2D eigenvalue weighted by molar-refractivity contribution is -0.136. The normalized spacial score (nSPS) is 22.6. The molecule has 1 N–H and O–H groups in total. The van der Waals surface area contributed by atoms with Crippen LogP contribution in [0.25, 0.3) is 0 Å². The number of nitrogens with one attached hydrogen (secondary N) is 1. The molecular weight excluding hydrogens is 282 g/mol. The van der Waals surface area contributed by atoms with Gasteiger partial charge in [0.1, 0.15) is 0 Å². The van der Waals surface area contributed by atoms with Crippen molar-refractivity contribution >= 4 is 11.9 Å². The molecule has 6 heteroatoms. The van der Waals surface area contributed by atoms with Crippen LogP contribution in [0.3, 0.4) is 0 Å². The molecule has 126 valence electrons. The lowest BCUT2D eigenvalue weighted by Gasteiger charge is -2.42. The molecule has 6 nitrogen and oxygen atoms in total. The monoisotopic (exact) mass is 311 g/mol. The van der Waals surface area contributed by atoms with Crippen LogP contribution in [0.5, 0.6) is 0 Å². The summed E-state index contributed by atoms with van der Waals surface area (Å²) >= 11 is 0. The van der Waals surface area contributed by atoms with E-state index in [1.54, 1.807) is 14.0 Å². The number of carbonyl (C=O) groups is 2. The zero-order chi connectivity index (χ0) is 15.9. The van der Waals surface area contributed by atoms with Gasteiger partial charge in [0.15, 0.2) is 0 Å². The van der Waals surface area contributed by atoms with Crippen molar-refractivity contribution in [2.24, 2.45) is 0 Å². The van der Waals surface area contributed by atoms with E-state index in [4.69, 9.17) is 4.74 Å². The Morgan fingerprint density at radius 2 is 1.82 bits per heavy atom. The number of likely N-dealkylation sites (tertiary alicyclic amines) is 1. The third-order valence-corrected chi connectivity index (χ3v) is 4.79. The van der Waals surface area contributed by atoms with Gasteiger partial charge in [0.25, 0.3) is 0 Å². The molecule has 1 saturated carbocycles. The number of hydrogen-bond donors (Lipinski definition) is 1. The fourth-order valence-corrected chi connectivity index (χ4v) is 3.41. The van der Waals surface area contributed by atoms with Gasteiger partial charge in [-0.25, -0.2) is 4.79 Å². The van der Waals surface area contributed by atoms with Crippen molar-refractivity contribution < 1.29 is 14.3 Å². The van der Waals surface area contributed by atoms with E-state index in [9.17, 15) is 9.59 Å². The van der Waals surface area contributed by atoms with E-state index in [2.05, 4.69) is 10.2 Å². The minimum absolute atomic E-state index is 0.0179. The molecular formula is C16H29N3O3. The van der Waals surface area contributed by atoms with Crippen LogP contribution < -0.4 is 5.32 Å². The number of carbonyl (C=O) groups excluding carboxylic acids is 2. The van der Waals surface area contributed by atoms with Gasteiger partial charge in [-0.1, -0.05) is 0 Å². The van der Waals surface area contributed by atoms with Crippen molar-refractivity contribution in [2.45, 2.75) is 57.5 Å². The summed E-state index contributed by atoms with van der Waals surface area (Å²) in [4.78, 5) is 28.1. The van der Waals surface area contributed by atoms with Crippen LogP contribution in [0.4, 0.5) is 4.79 Å². The summed E-state index contributed by atoms with van der Waals surface area (Å²) in [6, 6.07) is 0.708. The zero-order valence-electron chi connectivity index (χ0n) is 13.8. The van der Waals surface area contributed by atoms with Gasteiger partial charge >= 0.3 is 6.03 Å². The Morgan fingerprint density at radius 1 is 1.14 bits per heavy atom. The zero-order valence-corrected chi connectivity index (χ0v) is 13.8. The van der Waals surface area contributed by atoms with Crippen molar-refractivity contribution in [3.05, 3.63) is 0 Å². The second kappa shape index (κ2) is 8.36. The molecule has 3 amide bonds. The Kier molecular flexibility index (Phi) is 6.49. The van der Waals surface area contributed by atoms with Gasteiger partial charge in [0.2, 0.25) is 5.91 Å². The smallest absolute Gasteiger partial charge is 0.317 e. The van der Waals surface area contributed by atoms with Crippen molar-refractivity contribution in [3.8, 4) is 0 Å². The first-order chi connectivity index (χ1) is 10.6. The Bertz CT molecular complexity index is 385. The summed E-state index contributed by atoms with van der Waals surface area (Å²) in [6.45, 7) is 4.24. The topological polar surface area (TPSA) is 61.9 Å². The van der Waals surface area contributed by atoms with Gasteiger partial charge < -0.3 is 19.9 Å².